The highest BCUT2D eigenvalue weighted by Crippen LogP contribution is 2.30. The molecule has 14 heavy (non-hydrogen) atoms. The minimum absolute atomic E-state index is 0.0947. The molecule has 1 N–H and O–H groups in total. The van der Waals surface area contributed by atoms with Gasteiger partial charge < -0.3 is 5.11 Å². The fourth-order valence-corrected chi connectivity index (χ4v) is 1.12. The monoisotopic (exact) mass is 225 g/mol. The molecule has 78 valence electrons. The van der Waals surface area contributed by atoms with E-state index in [-0.39, 0.29) is 10.7 Å². The number of aliphatic hydroxyl groups excluding tert-OH is 1. The van der Waals surface area contributed by atoms with E-state index in [1.807, 2.05) is 0 Å². The Labute approximate surface area is 83.3 Å². The molecule has 1 heterocycles. The first kappa shape index (κ1) is 11.3. The molecule has 6 heteroatoms. The van der Waals surface area contributed by atoms with Gasteiger partial charge in [0.2, 0.25) is 0 Å². The smallest absolute Gasteiger partial charge is 0.389 e. The Balaban J connectivity index is 3.21. The summed E-state index contributed by atoms with van der Waals surface area (Å²) in [7, 11) is 0. The second-order valence-electron chi connectivity index (χ2n) is 2.78. The van der Waals surface area contributed by atoms with Crippen LogP contribution in [0.25, 0.3) is 0 Å². The van der Waals surface area contributed by atoms with E-state index in [1.165, 1.54) is 13.0 Å². The second kappa shape index (κ2) is 3.74. The van der Waals surface area contributed by atoms with E-state index in [9.17, 15) is 13.2 Å². The molecule has 0 aromatic carbocycles. The van der Waals surface area contributed by atoms with Crippen LogP contribution in [0.3, 0.4) is 0 Å². The molecule has 0 fully saturated rings. The molecule has 0 aliphatic rings. The number of aliphatic hydroxyl groups is 1. The topological polar surface area (TPSA) is 33.1 Å². The maximum Gasteiger partial charge on any atom is 0.433 e. The number of aromatic nitrogens is 1. The van der Waals surface area contributed by atoms with E-state index in [2.05, 4.69) is 4.98 Å². The summed E-state index contributed by atoms with van der Waals surface area (Å²) in [5, 5.41) is 8.80. The van der Waals surface area contributed by atoms with E-state index in [4.69, 9.17) is 16.7 Å². The summed E-state index contributed by atoms with van der Waals surface area (Å²) >= 11 is 5.38. The molecule has 1 aromatic heterocycles. The molecule has 0 spiro atoms. The number of nitrogens with zero attached hydrogens (tertiary/aromatic N) is 1. The molecule has 0 aliphatic heterocycles. The van der Waals surface area contributed by atoms with Gasteiger partial charge in [-0.25, -0.2) is 4.98 Å². The largest absolute Gasteiger partial charge is 0.433 e. The fourth-order valence-electron chi connectivity index (χ4n) is 0.903. The van der Waals surface area contributed by atoms with E-state index in [1.54, 1.807) is 0 Å². The Bertz CT molecular complexity index is 338. The van der Waals surface area contributed by atoms with Crippen molar-refractivity contribution in [3.63, 3.8) is 0 Å². The van der Waals surface area contributed by atoms with Gasteiger partial charge in [0.1, 0.15) is 10.8 Å². The summed E-state index contributed by atoms with van der Waals surface area (Å²) < 4.78 is 36.6. The second-order valence-corrected chi connectivity index (χ2v) is 3.17. The highest BCUT2D eigenvalue weighted by Gasteiger charge is 2.33. The Morgan fingerprint density at radius 3 is 2.43 bits per heavy atom. The lowest BCUT2D eigenvalue weighted by atomic mass is 10.1. The van der Waals surface area contributed by atoms with Gasteiger partial charge in [-0.05, 0) is 24.6 Å². The van der Waals surface area contributed by atoms with Gasteiger partial charge in [-0.15, -0.1) is 0 Å². The predicted octanol–water partition coefficient (Wildman–Crippen LogP) is 2.81. The van der Waals surface area contributed by atoms with Gasteiger partial charge in [-0.3, -0.25) is 0 Å². The number of hydrogen-bond donors (Lipinski definition) is 1. The summed E-state index contributed by atoms with van der Waals surface area (Å²) in [5.74, 6) is 0. The van der Waals surface area contributed by atoms with E-state index in [0.717, 1.165) is 6.07 Å². The van der Waals surface area contributed by atoms with Gasteiger partial charge in [0.25, 0.3) is 0 Å². The summed E-state index contributed by atoms with van der Waals surface area (Å²) in [4.78, 5) is 3.12. The number of hydrogen-bond acceptors (Lipinski definition) is 2. The number of alkyl halides is 3. The number of halogens is 4. The van der Waals surface area contributed by atoms with Crippen molar-refractivity contribution >= 4 is 11.6 Å². The van der Waals surface area contributed by atoms with Crippen LogP contribution in [0.2, 0.25) is 5.15 Å². The van der Waals surface area contributed by atoms with Crippen LogP contribution in [-0.2, 0) is 6.18 Å². The summed E-state index contributed by atoms with van der Waals surface area (Å²) in [6.45, 7) is 1.35. The Morgan fingerprint density at radius 2 is 2.00 bits per heavy atom. The van der Waals surface area contributed by atoms with E-state index >= 15 is 0 Å². The van der Waals surface area contributed by atoms with Crippen molar-refractivity contribution in [2.75, 3.05) is 0 Å². The standard InChI is InChI=1S/C8H7ClF3NO/c1-4(14)5-2-6(8(10,11)12)13-7(9)3-5/h2-4,14H,1H3. The molecule has 1 unspecified atom stereocenters. The zero-order valence-electron chi connectivity index (χ0n) is 7.14. The van der Waals surface area contributed by atoms with Crippen LogP contribution in [0.1, 0.15) is 24.3 Å². The minimum atomic E-state index is -4.55. The van der Waals surface area contributed by atoms with Crippen molar-refractivity contribution in [3.05, 3.63) is 28.5 Å². The van der Waals surface area contributed by atoms with E-state index < -0.39 is 18.0 Å². The molecule has 2 nitrogen and oxygen atoms in total. The Kier molecular flexibility index (Phi) is 3.01. The zero-order valence-corrected chi connectivity index (χ0v) is 7.89. The lowest BCUT2D eigenvalue weighted by Gasteiger charge is -2.10. The third kappa shape index (κ3) is 2.59. The highest BCUT2D eigenvalue weighted by atomic mass is 35.5. The van der Waals surface area contributed by atoms with Crippen molar-refractivity contribution in [2.45, 2.75) is 19.2 Å². The van der Waals surface area contributed by atoms with Gasteiger partial charge in [-0.2, -0.15) is 13.2 Å². The highest BCUT2D eigenvalue weighted by molar-refractivity contribution is 6.29. The first-order valence-electron chi connectivity index (χ1n) is 3.73. The molecule has 1 aromatic rings. The van der Waals surface area contributed by atoms with Crippen LogP contribution in [0.5, 0.6) is 0 Å². The van der Waals surface area contributed by atoms with Crippen molar-refractivity contribution < 1.29 is 18.3 Å². The van der Waals surface area contributed by atoms with Crippen LogP contribution in [0.4, 0.5) is 13.2 Å². The van der Waals surface area contributed by atoms with Crippen LogP contribution in [-0.4, -0.2) is 10.1 Å². The van der Waals surface area contributed by atoms with Crippen LogP contribution < -0.4 is 0 Å². The molecule has 0 amide bonds. The third-order valence-electron chi connectivity index (χ3n) is 1.59. The molecule has 1 rings (SSSR count). The first-order chi connectivity index (χ1) is 6.30. The molecule has 0 bridgehead atoms. The summed E-state index contributed by atoms with van der Waals surface area (Å²) in [6, 6.07) is 1.97. The van der Waals surface area contributed by atoms with Gasteiger partial charge >= 0.3 is 6.18 Å². The van der Waals surface area contributed by atoms with Crippen LogP contribution in [0, 0.1) is 0 Å². The normalized spacial score (nSPS) is 14.1. The zero-order chi connectivity index (χ0) is 10.9. The average Bonchev–Trinajstić information content (AvgIpc) is 2.01. The molecular weight excluding hydrogens is 219 g/mol. The van der Waals surface area contributed by atoms with Crippen molar-refractivity contribution in [1.29, 1.82) is 0 Å². The predicted molar refractivity (Wildman–Crippen MR) is 44.9 cm³/mol. The minimum Gasteiger partial charge on any atom is -0.389 e. The number of rotatable bonds is 1. The molecule has 0 aliphatic carbocycles. The lowest BCUT2D eigenvalue weighted by molar-refractivity contribution is -0.141. The van der Waals surface area contributed by atoms with E-state index in [0.29, 0.717) is 0 Å². The van der Waals surface area contributed by atoms with Gasteiger partial charge in [0.15, 0.2) is 0 Å². The molecule has 0 saturated carbocycles. The number of pyridine rings is 1. The SMILES string of the molecule is CC(O)c1cc(Cl)nc(C(F)(F)F)c1. The summed E-state index contributed by atoms with van der Waals surface area (Å²) in [6.07, 6.45) is -5.55. The van der Waals surface area contributed by atoms with Gasteiger partial charge in [-0.1, -0.05) is 11.6 Å². The Morgan fingerprint density at radius 1 is 1.43 bits per heavy atom. The van der Waals surface area contributed by atoms with Gasteiger partial charge in [0.05, 0.1) is 6.10 Å². The fraction of sp³-hybridized carbons (Fsp3) is 0.375. The van der Waals surface area contributed by atoms with Gasteiger partial charge in [0, 0.05) is 0 Å². The molecule has 1 atom stereocenters. The third-order valence-corrected chi connectivity index (χ3v) is 1.78. The summed E-state index contributed by atoms with van der Waals surface area (Å²) in [5.41, 5.74) is -1.00. The maximum absolute atomic E-state index is 12.2. The van der Waals surface area contributed by atoms with Crippen molar-refractivity contribution in [1.82, 2.24) is 4.98 Å². The quantitative estimate of drug-likeness (QED) is 0.746. The molecular formula is C8H7ClF3NO. The van der Waals surface area contributed by atoms with Crippen LogP contribution in [0.15, 0.2) is 12.1 Å². The van der Waals surface area contributed by atoms with Crippen LogP contribution >= 0.6 is 11.6 Å². The molecule has 0 radical (unpaired) electrons. The molecule has 0 saturated heterocycles. The Hall–Kier alpha value is -0.810. The van der Waals surface area contributed by atoms with Crippen molar-refractivity contribution in [2.24, 2.45) is 0 Å². The lowest BCUT2D eigenvalue weighted by Crippen LogP contribution is -2.09. The maximum atomic E-state index is 12.2. The first-order valence-corrected chi connectivity index (χ1v) is 4.11. The average molecular weight is 226 g/mol. The van der Waals surface area contributed by atoms with Crippen molar-refractivity contribution in [3.8, 4) is 0 Å².